The molecule has 0 saturated carbocycles. The lowest BCUT2D eigenvalue weighted by atomic mass is 9.74. The Bertz CT molecular complexity index is 1020. The molecule has 2 aromatic rings. The van der Waals surface area contributed by atoms with Crippen LogP contribution >= 0.6 is 0 Å². The number of rotatable bonds is 3. The molecule has 164 valence electrons. The summed E-state index contributed by atoms with van der Waals surface area (Å²) in [6, 6.07) is 9.67. The van der Waals surface area contributed by atoms with Gasteiger partial charge < -0.3 is 15.1 Å². The topological polar surface area (TPSA) is 64.3 Å². The van der Waals surface area contributed by atoms with Crippen LogP contribution in [0.25, 0.3) is 0 Å². The fraction of sp³-hybridized carbons (Fsp3) is 0.600. The van der Waals surface area contributed by atoms with Crippen LogP contribution in [0.1, 0.15) is 55.3 Å². The molecule has 6 heteroatoms. The summed E-state index contributed by atoms with van der Waals surface area (Å²) in [5, 5.41) is 3.67. The predicted molar refractivity (Wildman–Crippen MR) is 124 cm³/mol. The molecule has 0 radical (unpaired) electrons. The fourth-order valence-corrected chi connectivity index (χ4v) is 6.39. The quantitative estimate of drug-likeness (QED) is 0.801. The first-order chi connectivity index (χ1) is 15.2. The number of aryl methyl sites for hydroxylation is 1. The zero-order valence-corrected chi connectivity index (χ0v) is 18.3. The van der Waals surface area contributed by atoms with Gasteiger partial charge in [0.25, 0.3) is 5.56 Å². The van der Waals surface area contributed by atoms with Crippen LogP contribution in [0.15, 0.2) is 29.1 Å². The number of benzene rings is 1. The molecule has 2 saturated heterocycles. The number of hydrogen-bond donors (Lipinski definition) is 2. The number of nitrogens with one attached hydrogen (secondary N) is 2. The molecular weight excluding hydrogens is 386 g/mol. The van der Waals surface area contributed by atoms with Crippen molar-refractivity contribution in [2.45, 2.75) is 62.8 Å². The Kier molecular flexibility index (Phi) is 4.78. The number of fused-ring (bicyclic) bond motifs is 3. The first-order valence-electron chi connectivity index (χ1n) is 12.2. The molecule has 1 aromatic carbocycles. The van der Waals surface area contributed by atoms with Gasteiger partial charge in [-0.2, -0.15) is 0 Å². The Morgan fingerprint density at radius 2 is 1.94 bits per heavy atom. The summed E-state index contributed by atoms with van der Waals surface area (Å²) >= 11 is 0. The molecule has 6 nitrogen and oxygen atoms in total. The number of nitrogens with zero attached hydrogens (tertiary/aromatic N) is 3. The number of H-pyrrole nitrogens is 1. The van der Waals surface area contributed by atoms with Gasteiger partial charge in [-0.05, 0) is 69.5 Å². The molecule has 31 heavy (non-hydrogen) atoms. The molecule has 3 aliphatic heterocycles. The van der Waals surface area contributed by atoms with E-state index >= 15 is 0 Å². The van der Waals surface area contributed by atoms with Gasteiger partial charge in [0.15, 0.2) is 0 Å². The van der Waals surface area contributed by atoms with E-state index in [-0.39, 0.29) is 11.0 Å². The van der Waals surface area contributed by atoms with Crippen LogP contribution in [-0.4, -0.2) is 48.7 Å². The summed E-state index contributed by atoms with van der Waals surface area (Å²) in [6.07, 6.45) is 8.89. The van der Waals surface area contributed by atoms with E-state index in [1.54, 1.807) is 0 Å². The van der Waals surface area contributed by atoms with E-state index in [9.17, 15) is 4.79 Å². The van der Waals surface area contributed by atoms with Crippen molar-refractivity contribution >= 4 is 11.6 Å². The van der Waals surface area contributed by atoms with E-state index in [4.69, 9.17) is 4.98 Å². The molecule has 0 unspecified atom stereocenters. The second-order valence-corrected chi connectivity index (χ2v) is 9.98. The molecule has 1 atom stereocenters. The lowest BCUT2D eigenvalue weighted by Crippen LogP contribution is -2.47. The van der Waals surface area contributed by atoms with Crippen LogP contribution in [0, 0.1) is 0 Å². The fourth-order valence-electron chi connectivity index (χ4n) is 6.39. The Morgan fingerprint density at radius 1 is 1.10 bits per heavy atom. The van der Waals surface area contributed by atoms with Crippen molar-refractivity contribution in [3.63, 3.8) is 0 Å². The zero-order chi connectivity index (χ0) is 20.8. The molecule has 6 rings (SSSR count). The van der Waals surface area contributed by atoms with Crippen molar-refractivity contribution in [3.8, 4) is 0 Å². The first-order valence-corrected chi connectivity index (χ1v) is 12.2. The third-order valence-corrected chi connectivity index (χ3v) is 8.11. The van der Waals surface area contributed by atoms with Gasteiger partial charge >= 0.3 is 0 Å². The van der Waals surface area contributed by atoms with Gasteiger partial charge in [-0.15, -0.1) is 0 Å². The average Bonchev–Trinajstić information content (AvgIpc) is 3.42. The summed E-state index contributed by atoms with van der Waals surface area (Å²) in [4.78, 5) is 25.5. The number of piperidine rings is 1. The highest BCUT2D eigenvalue weighted by Crippen LogP contribution is 2.47. The molecule has 1 spiro atoms. The molecule has 4 heterocycles. The summed E-state index contributed by atoms with van der Waals surface area (Å²) < 4.78 is 0. The number of aromatic amines is 1. The minimum Gasteiger partial charge on any atom is -0.369 e. The second-order valence-electron chi connectivity index (χ2n) is 9.98. The Morgan fingerprint density at radius 3 is 2.77 bits per heavy atom. The van der Waals surface area contributed by atoms with E-state index in [1.165, 1.54) is 24.1 Å². The number of hydrogen-bond acceptors (Lipinski definition) is 5. The molecule has 2 N–H and O–H groups in total. The summed E-state index contributed by atoms with van der Waals surface area (Å²) in [7, 11) is 0. The van der Waals surface area contributed by atoms with Crippen LogP contribution in [0.5, 0.6) is 0 Å². The van der Waals surface area contributed by atoms with Gasteiger partial charge in [0.05, 0.1) is 5.69 Å². The standard InChI is InChI=1S/C25H33N5O/c31-23-19-7-1-3-9-21(19)27-24(28-23)29-14-11-25(12-15-29)17-30(16-18-6-5-13-26-18)22-10-4-2-8-20(22)25/h2,4,8,10,18,26H,1,3,5-7,9,11-17H2,(H,27,28,31)/t18-/m0/s1. The van der Waals surface area contributed by atoms with Gasteiger partial charge in [0.1, 0.15) is 0 Å². The summed E-state index contributed by atoms with van der Waals surface area (Å²) in [5.74, 6) is 0.791. The molecule has 4 aliphatic rings. The van der Waals surface area contributed by atoms with Crippen LogP contribution < -0.4 is 20.7 Å². The molecule has 1 aromatic heterocycles. The van der Waals surface area contributed by atoms with Crippen molar-refractivity contribution in [1.29, 1.82) is 0 Å². The maximum atomic E-state index is 12.6. The third-order valence-electron chi connectivity index (χ3n) is 8.11. The van der Waals surface area contributed by atoms with E-state index in [2.05, 4.69) is 44.4 Å². The third kappa shape index (κ3) is 3.36. The van der Waals surface area contributed by atoms with E-state index < -0.39 is 0 Å². The lowest BCUT2D eigenvalue weighted by Gasteiger charge is -2.40. The highest BCUT2D eigenvalue weighted by Gasteiger charge is 2.45. The van der Waals surface area contributed by atoms with Crippen LogP contribution in [-0.2, 0) is 18.3 Å². The highest BCUT2D eigenvalue weighted by atomic mass is 16.1. The van der Waals surface area contributed by atoms with E-state index in [1.807, 2.05) is 0 Å². The molecule has 0 amide bonds. The average molecular weight is 420 g/mol. The van der Waals surface area contributed by atoms with Crippen molar-refractivity contribution in [2.75, 3.05) is 42.5 Å². The zero-order valence-electron chi connectivity index (χ0n) is 18.3. The molecule has 2 fully saturated rings. The van der Waals surface area contributed by atoms with Crippen LogP contribution in [0.3, 0.4) is 0 Å². The monoisotopic (exact) mass is 419 g/mol. The largest absolute Gasteiger partial charge is 0.369 e. The van der Waals surface area contributed by atoms with E-state index in [0.29, 0.717) is 6.04 Å². The number of aromatic nitrogens is 2. The predicted octanol–water partition coefficient (Wildman–Crippen LogP) is 2.76. The van der Waals surface area contributed by atoms with Gasteiger partial charge in [-0.3, -0.25) is 9.78 Å². The van der Waals surface area contributed by atoms with Gasteiger partial charge in [-0.1, -0.05) is 18.2 Å². The second kappa shape index (κ2) is 7.66. The smallest absolute Gasteiger partial charge is 0.255 e. The van der Waals surface area contributed by atoms with Gasteiger partial charge in [0.2, 0.25) is 5.95 Å². The van der Waals surface area contributed by atoms with Crippen molar-refractivity contribution in [1.82, 2.24) is 15.3 Å². The maximum Gasteiger partial charge on any atom is 0.255 e. The van der Waals surface area contributed by atoms with Crippen molar-refractivity contribution < 1.29 is 0 Å². The Labute approximate surface area is 184 Å². The van der Waals surface area contributed by atoms with Crippen LogP contribution in [0.4, 0.5) is 11.6 Å². The summed E-state index contributed by atoms with van der Waals surface area (Å²) in [6.45, 7) is 5.29. The summed E-state index contributed by atoms with van der Waals surface area (Å²) in [5.41, 5.74) is 5.22. The van der Waals surface area contributed by atoms with Crippen molar-refractivity contribution in [2.24, 2.45) is 0 Å². The lowest BCUT2D eigenvalue weighted by molar-refractivity contribution is 0.345. The highest BCUT2D eigenvalue weighted by molar-refractivity contribution is 5.63. The minimum absolute atomic E-state index is 0.0847. The van der Waals surface area contributed by atoms with Crippen molar-refractivity contribution in [3.05, 3.63) is 51.4 Å². The van der Waals surface area contributed by atoms with E-state index in [0.717, 1.165) is 88.5 Å². The Balaban J connectivity index is 1.22. The molecule has 1 aliphatic carbocycles. The normalized spacial score (nSPS) is 24.5. The minimum atomic E-state index is 0.0847. The maximum absolute atomic E-state index is 12.6. The number of anilines is 2. The first kappa shape index (κ1) is 19.4. The van der Waals surface area contributed by atoms with Crippen LogP contribution in [0.2, 0.25) is 0 Å². The molecular formula is C25H33N5O. The van der Waals surface area contributed by atoms with Gasteiger partial charge in [-0.25, -0.2) is 4.98 Å². The number of para-hydroxylation sites is 1. The SMILES string of the molecule is O=c1[nH]c(N2CCC3(CC2)CN(C[C@@H]2CCCN2)c2ccccc23)nc2c1CCCC2. The Hall–Kier alpha value is -2.34. The molecule has 0 bridgehead atoms. The van der Waals surface area contributed by atoms with Gasteiger partial charge in [0, 0.05) is 48.9 Å².